The normalized spacial score (nSPS) is 20.5. The maximum absolute atomic E-state index is 12.2. The first-order chi connectivity index (χ1) is 11.5. The quantitative estimate of drug-likeness (QED) is 0.358. The number of halogens is 1. The van der Waals surface area contributed by atoms with E-state index in [9.17, 15) is 14.4 Å². The molecule has 4 nitrogen and oxygen atoms in total. The lowest BCUT2D eigenvalue weighted by Crippen LogP contribution is -2.11. The van der Waals surface area contributed by atoms with Crippen molar-refractivity contribution in [1.29, 1.82) is 0 Å². The first-order valence-electron chi connectivity index (χ1n) is 9.37. The fourth-order valence-electron chi connectivity index (χ4n) is 3.46. The molecule has 1 N–H and O–H groups in total. The maximum Gasteiger partial charge on any atom is 0.303 e. The van der Waals surface area contributed by atoms with Crippen LogP contribution in [0.2, 0.25) is 0 Å². The zero-order valence-corrected chi connectivity index (χ0v) is 15.4. The van der Waals surface area contributed by atoms with Crippen molar-refractivity contribution in [2.45, 2.75) is 83.5 Å². The number of carboxylic acids is 1. The maximum atomic E-state index is 12.2. The second-order valence-electron chi connectivity index (χ2n) is 6.97. The van der Waals surface area contributed by atoms with Crippen LogP contribution in [-0.2, 0) is 14.4 Å². The summed E-state index contributed by atoms with van der Waals surface area (Å²) in [4.78, 5) is 34.7. The van der Waals surface area contributed by atoms with Crippen LogP contribution < -0.4 is 0 Å². The third-order valence-corrected chi connectivity index (χ3v) is 5.19. The van der Waals surface area contributed by atoms with Gasteiger partial charge in [-0.1, -0.05) is 32.1 Å². The smallest absolute Gasteiger partial charge is 0.303 e. The lowest BCUT2D eigenvalue weighted by molar-refractivity contribution is -0.137. The highest BCUT2D eigenvalue weighted by Gasteiger charge is 2.35. The topological polar surface area (TPSA) is 71.4 Å². The van der Waals surface area contributed by atoms with Crippen LogP contribution >= 0.6 is 11.6 Å². The van der Waals surface area contributed by atoms with Crippen molar-refractivity contribution in [2.24, 2.45) is 11.8 Å². The largest absolute Gasteiger partial charge is 0.481 e. The molecule has 0 bridgehead atoms. The van der Waals surface area contributed by atoms with Gasteiger partial charge in [-0.05, 0) is 32.1 Å². The number of ketones is 2. The molecule has 1 aliphatic carbocycles. The number of hydrogen-bond acceptors (Lipinski definition) is 3. The van der Waals surface area contributed by atoms with Gasteiger partial charge in [-0.15, -0.1) is 11.6 Å². The average molecular weight is 359 g/mol. The molecule has 0 amide bonds. The van der Waals surface area contributed by atoms with Crippen LogP contribution in [0.25, 0.3) is 0 Å². The first kappa shape index (κ1) is 21.1. The zero-order valence-electron chi connectivity index (χ0n) is 14.6. The van der Waals surface area contributed by atoms with Crippen molar-refractivity contribution < 1.29 is 19.5 Å². The Labute approximate surface area is 150 Å². The second kappa shape index (κ2) is 12.5. The number of aliphatic carboxylic acids is 1. The van der Waals surface area contributed by atoms with Crippen molar-refractivity contribution in [3.05, 3.63) is 0 Å². The Hall–Kier alpha value is -0.900. The van der Waals surface area contributed by atoms with E-state index in [4.69, 9.17) is 16.7 Å². The monoisotopic (exact) mass is 358 g/mol. The highest BCUT2D eigenvalue weighted by Crippen LogP contribution is 2.33. The molecule has 24 heavy (non-hydrogen) atoms. The van der Waals surface area contributed by atoms with Gasteiger partial charge in [0.05, 0.1) is 0 Å². The van der Waals surface area contributed by atoms with Gasteiger partial charge in [0.1, 0.15) is 11.6 Å². The summed E-state index contributed by atoms with van der Waals surface area (Å²) in [6.07, 6.45) is 10.4. The highest BCUT2D eigenvalue weighted by atomic mass is 35.5. The Kier molecular flexibility index (Phi) is 11.0. The van der Waals surface area contributed by atoms with Crippen molar-refractivity contribution in [1.82, 2.24) is 0 Å². The molecule has 0 saturated heterocycles. The predicted octanol–water partition coefficient (Wildman–Crippen LogP) is 4.77. The standard InChI is InChI=1S/C19H31ClO4/c20-12-8-4-3-6-10-17(21)16-13-15(18(22)14-16)9-5-1-2-7-11-19(23)24/h15-16H,1-14H2,(H,23,24)/t15-,16+/m0/s1. The van der Waals surface area contributed by atoms with Gasteiger partial charge in [-0.25, -0.2) is 0 Å². The molecule has 1 fully saturated rings. The van der Waals surface area contributed by atoms with Gasteiger partial charge in [-0.3, -0.25) is 14.4 Å². The Morgan fingerprint density at radius 3 is 2.25 bits per heavy atom. The summed E-state index contributed by atoms with van der Waals surface area (Å²) in [5.74, 6) is 0.449. The molecule has 0 aliphatic heterocycles. The summed E-state index contributed by atoms with van der Waals surface area (Å²) in [6, 6.07) is 0. The number of alkyl halides is 1. The minimum absolute atomic E-state index is 0.0506. The molecule has 1 rings (SSSR count). The highest BCUT2D eigenvalue weighted by molar-refractivity contribution is 6.17. The summed E-state index contributed by atoms with van der Waals surface area (Å²) in [5.41, 5.74) is 0. The molecule has 0 aromatic carbocycles. The molecule has 0 aromatic heterocycles. The van der Waals surface area contributed by atoms with Crippen molar-refractivity contribution in [2.75, 3.05) is 5.88 Å². The van der Waals surface area contributed by atoms with E-state index in [0.717, 1.165) is 57.8 Å². The zero-order chi connectivity index (χ0) is 17.8. The Balaban J connectivity index is 2.13. The predicted molar refractivity (Wildman–Crippen MR) is 95.4 cm³/mol. The van der Waals surface area contributed by atoms with Crippen molar-refractivity contribution in [3.63, 3.8) is 0 Å². The van der Waals surface area contributed by atoms with Crippen LogP contribution in [-0.4, -0.2) is 28.5 Å². The number of carbonyl (C=O) groups is 3. The third-order valence-electron chi connectivity index (χ3n) is 4.93. The molecule has 1 aliphatic rings. The number of carbonyl (C=O) groups excluding carboxylic acids is 2. The van der Waals surface area contributed by atoms with E-state index in [2.05, 4.69) is 0 Å². The van der Waals surface area contributed by atoms with Gasteiger partial charge >= 0.3 is 5.97 Å². The summed E-state index contributed by atoms with van der Waals surface area (Å²) >= 11 is 5.63. The van der Waals surface area contributed by atoms with E-state index in [-0.39, 0.29) is 29.8 Å². The lowest BCUT2D eigenvalue weighted by atomic mass is 9.94. The van der Waals surface area contributed by atoms with Gasteiger partial charge in [0, 0.05) is 37.0 Å². The molecular formula is C19H31ClO4. The molecular weight excluding hydrogens is 328 g/mol. The number of hydrogen-bond donors (Lipinski definition) is 1. The Bertz CT molecular complexity index is 408. The molecule has 5 heteroatoms. The van der Waals surface area contributed by atoms with Gasteiger partial charge < -0.3 is 5.11 Å². The molecule has 0 radical (unpaired) electrons. The van der Waals surface area contributed by atoms with Gasteiger partial charge in [0.15, 0.2) is 0 Å². The fourth-order valence-corrected chi connectivity index (χ4v) is 3.65. The number of carboxylic acid groups (broad SMARTS) is 1. The van der Waals surface area contributed by atoms with E-state index in [1.54, 1.807) is 0 Å². The van der Waals surface area contributed by atoms with E-state index in [1.165, 1.54) is 0 Å². The number of unbranched alkanes of at least 4 members (excludes halogenated alkanes) is 6. The molecule has 0 spiro atoms. The van der Waals surface area contributed by atoms with Crippen LogP contribution in [0.5, 0.6) is 0 Å². The summed E-state index contributed by atoms with van der Waals surface area (Å²) in [5, 5.41) is 8.58. The SMILES string of the molecule is O=C(O)CCCCCC[C@H]1C[C@@H](C(=O)CCCCCCCl)CC1=O. The van der Waals surface area contributed by atoms with Crippen LogP contribution in [0.3, 0.4) is 0 Å². The van der Waals surface area contributed by atoms with E-state index in [0.29, 0.717) is 25.1 Å². The summed E-state index contributed by atoms with van der Waals surface area (Å²) < 4.78 is 0. The molecule has 2 atom stereocenters. The minimum Gasteiger partial charge on any atom is -0.481 e. The third kappa shape index (κ3) is 8.81. The first-order valence-corrected chi connectivity index (χ1v) is 9.91. The van der Waals surface area contributed by atoms with Crippen LogP contribution in [0.15, 0.2) is 0 Å². The number of Topliss-reactive ketones (excluding diaryl/α,β-unsaturated/α-hetero) is 2. The lowest BCUT2D eigenvalue weighted by Gasteiger charge is -2.09. The average Bonchev–Trinajstić information content (AvgIpc) is 2.91. The Morgan fingerprint density at radius 1 is 0.958 bits per heavy atom. The van der Waals surface area contributed by atoms with Gasteiger partial charge in [-0.2, -0.15) is 0 Å². The van der Waals surface area contributed by atoms with E-state index >= 15 is 0 Å². The molecule has 0 aromatic rings. The Morgan fingerprint density at radius 2 is 1.58 bits per heavy atom. The number of rotatable bonds is 14. The molecule has 1 saturated carbocycles. The van der Waals surface area contributed by atoms with Crippen molar-refractivity contribution in [3.8, 4) is 0 Å². The summed E-state index contributed by atoms with van der Waals surface area (Å²) in [7, 11) is 0. The summed E-state index contributed by atoms with van der Waals surface area (Å²) in [6.45, 7) is 0. The van der Waals surface area contributed by atoms with Crippen LogP contribution in [0.1, 0.15) is 83.5 Å². The molecule has 0 heterocycles. The van der Waals surface area contributed by atoms with Gasteiger partial charge in [0.2, 0.25) is 0 Å². The fraction of sp³-hybridized carbons (Fsp3) is 0.842. The van der Waals surface area contributed by atoms with Crippen molar-refractivity contribution >= 4 is 29.1 Å². The molecule has 0 unspecified atom stereocenters. The van der Waals surface area contributed by atoms with E-state index < -0.39 is 5.97 Å². The molecule has 138 valence electrons. The van der Waals surface area contributed by atoms with Crippen LogP contribution in [0.4, 0.5) is 0 Å². The second-order valence-corrected chi connectivity index (χ2v) is 7.34. The van der Waals surface area contributed by atoms with E-state index in [1.807, 2.05) is 0 Å². The minimum atomic E-state index is -0.745. The van der Waals surface area contributed by atoms with Gasteiger partial charge in [0.25, 0.3) is 0 Å². The van der Waals surface area contributed by atoms with Crippen LogP contribution in [0, 0.1) is 11.8 Å².